The Labute approximate surface area is 74.6 Å². The maximum Gasteiger partial charge on any atom is 0.196 e. The van der Waals surface area contributed by atoms with E-state index in [0.29, 0.717) is 0 Å². The molecule has 6 heteroatoms. The Hall–Kier alpha value is -0.930. The van der Waals surface area contributed by atoms with Gasteiger partial charge >= 0.3 is 0 Å². The summed E-state index contributed by atoms with van der Waals surface area (Å²) in [4.78, 5) is 0. The van der Waals surface area contributed by atoms with E-state index < -0.39 is 34.2 Å². The fourth-order valence-corrected chi connectivity index (χ4v) is 0.948. The van der Waals surface area contributed by atoms with Gasteiger partial charge in [-0.05, 0) is 0 Å². The van der Waals surface area contributed by atoms with Crippen molar-refractivity contribution in [1.29, 1.82) is 0 Å². The molecule has 0 saturated heterocycles. The average Bonchev–Trinajstić information content (AvgIpc) is 2.13. The topological polar surface area (TPSA) is 0 Å². The van der Waals surface area contributed by atoms with Crippen LogP contribution in [-0.4, -0.2) is 15.1 Å². The Morgan fingerprint density at radius 3 is 1.85 bits per heavy atom. The second-order valence-corrected chi connectivity index (χ2v) is 2.37. The van der Waals surface area contributed by atoms with E-state index in [0.717, 1.165) is 7.28 Å². The Morgan fingerprint density at radius 2 is 1.38 bits per heavy atom. The van der Waals surface area contributed by atoms with Gasteiger partial charge in [-0.15, -0.1) is 0 Å². The van der Waals surface area contributed by atoms with Crippen molar-refractivity contribution >= 4 is 26.1 Å². The molecule has 1 aromatic rings. The summed E-state index contributed by atoms with van der Waals surface area (Å²) in [5.74, 6) is -6.77. The summed E-state index contributed by atoms with van der Waals surface area (Å²) >= 11 is 0. The first kappa shape index (κ1) is 10.2. The van der Waals surface area contributed by atoms with E-state index in [4.69, 9.17) is 7.85 Å². The first-order valence-corrected chi connectivity index (χ1v) is 3.41. The van der Waals surface area contributed by atoms with E-state index in [1.54, 1.807) is 0 Å². The zero-order chi connectivity index (χ0) is 10.2. The van der Waals surface area contributed by atoms with E-state index in [-0.39, 0.29) is 0 Å². The van der Waals surface area contributed by atoms with Crippen molar-refractivity contribution in [2.75, 3.05) is 0 Å². The minimum absolute atomic E-state index is 0.462. The summed E-state index contributed by atoms with van der Waals surface area (Å²) < 4.78 is 50.5. The highest BCUT2D eigenvalue weighted by Crippen LogP contribution is 2.09. The van der Waals surface area contributed by atoms with Gasteiger partial charge in [-0.3, -0.25) is 7.28 Å². The molecule has 0 aliphatic carbocycles. The summed E-state index contributed by atoms with van der Waals surface area (Å²) in [6.07, 6.45) is 0. The van der Waals surface area contributed by atoms with Crippen LogP contribution < -0.4 is 10.9 Å². The molecule has 13 heavy (non-hydrogen) atoms. The lowest BCUT2D eigenvalue weighted by molar-refractivity contribution is 0.415. The Kier molecular flexibility index (Phi) is 2.68. The van der Waals surface area contributed by atoms with E-state index in [9.17, 15) is 17.6 Å². The van der Waals surface area contributed by atoms with Crippen molar-refractivity contribution in [2.45, 2.75) is 6.82 Å². The highest BCUT2D eigenvalue weighted by molar-refractivity contribution is 6.59. The first-order chi connectivity index (χ1) is 6.00. The van der Waals surface area contributed by atoms with Crippen molar-refractivity contribution in [2.24, 2.45) is 0 Å². The molecule has 1 rings (SSSR count). The third-order valence-electron chi connectivity index (χ3n) is 1.63. The Morgan fingerprint density at radius 1 is 0.923 bits per heavy atom. The van der Waals surface area contributed by atoms with Crippen LogP contribution in [0.1, 0.15) is 0 Å². The highest BCUT2D eigenvalue weighted by atomic mass is 19.2. The number of hydrogen-bond acceptors (Lipinski definition) is 0. The zero-order valence-corrected chi connectivity index (χ0v) is 6.67. The predicted molar refractivity (Wildman–Crippen MR) is 42.9 cm³/mol. The quantitative estimate of drug-likeness (QED) is 0.257. The molecule has 0 unspecified atom stereocenters. The summed E-state index contributed by atoms with van der Waals surface area (Å²) in [7, 11) is 6.08. The van der Waals surface area contributed by atoms with Crippen molar-refractivity contribution in [1.82, 2.24) is 0 Å². The van der Waals surface area contributed by atoms with Gasteiger partial charge < -0.3 is 0 Å². The molecule has 0 spiro atoms. The van der Waals surface area contributed by atoms with Crippen LogP contribution in [0.4, 0.5) is 17.6 Å². The molecule has 0 saturated carbocycles. The molecule has 0 amide bonds. The third kappa shape index (κ3) is 1.45. The molecule has 0 heterocycles. The molecule has 0 bridgehead atoms. The number of halogens is 4. The van der Waals surface area contributed by atoms with Crippen LogP contribution in [0.25, 0.3) is 0 Å². The summed E-state index contributed by atoms with van der Waals surface area (Å²) in [6, 6.07) is 0. The molecule has 0 aliphatic heterocycles. The molecule has 66 valence electrons. The second kappa shape index (κ2) is 3.44. The van der Waals surface area contributed by atoms with Crippen molar-refractivity contribution in [3.05, 3.63) is 23.3 Å². The average molecular weight is 185 g/mol. The SMILES string of the molecule is [B]c1c(F)c(F)c(F)c(F)c1[B-]C. The van der Waals surface area contributed by atoms with E-state index in [1.165, 1.54) is 6.82 Å². The van der Waals surface area contributed by atoms with Gasteiger partial charge in [-0.1, -0.05) is 5.46 Å². The minimum atomic E-state index is -1.89. The lowest BCUT2D eigenvalue weighted by Gasteiger charge is -2.17. The summed E-state index contributed by atoms with van der Waals surface area (Å²) in [5, 5.41) is 0. The van der Waals surface area contributed by atoms with Crippen molar-refractivity contribution in [3.8, 4) is 0 Å². The fourth-order valence-electron chi connectivity index (χ4n) is 0.948. The molecule has 0 nitrogen and oxygen atoms in total. The predicted octanol–water partition coefficient (Wildman–Crippen LogP) is 0.414. The van der Waals surface area contributed by atoms with E-state index in [1.807, 2.05) is 0 Å². The Bertz CT molecular complexity index is 322. The number of hydrogen-bond donors (Lipinski definition) is 0. The fraction of sp³-hybridized carbons (Fsp3) is 0.143. The van der Waals surface area contributed by atoms with Crippen LogP contribution in [0.15, 0.2) is 0 Å². The van der Waals surface area contributed by atoms with E-state index >= 15 is 0 Å². The van der Waals surface area contributed by atoms with Crippen LogP contribution in [-0.2, 0) is 0 Å². The van der Waals surface area contributed by atoms with Crippen LogP contribution in [0.2, 0.25) is 6.82 Å². The van der Waals surface area contributed by atoms with Crippen LogP contribution in [0, 0.1) is 23.3 Å². The van der Waals surface area contributed by atoms with Gasteiger partial charge in [0.25, 0.3) is 0 Å². The largest absolute Gasteiger partial charge is 0.298 e. The molecule has 0 aliphatic rings. The molecular formula is C7H3B2F4-. The maximum absolute atomic E-state index is 12.8. The molecule has 0 atom stereocenters. The monoisotopic (exact) mass is 185 g/mol. The van der Waals surface area contributed by atoms with Gasteiger partial charge in [0.1, 0.15) is 13.7 Å². The number of benzene rings is 1. The second-order valence-electron chi connectivity index (χ2n) is 2.37. The molecule has 4 radical (unpaired) electrons. The zero-order valence-electron chi connectivity index (χ0n) is 6.67. The summed E-state index contributed by atoms with van der Waals surface area (Å²) in [5.41, 5.74) is -1.18. The van der Waals surface area contributed by atoms with Crippen molar-refractivity contribution < 1.29 is 17.6 Å². The van der Waals surface area contributed by atoms with Gasteiger partial charge in [-0.2, -0.15) is 0 Å². The number of rotatable bonds is 1. The molecule has 0 N–H and O–H groups in total. The molecular weight excluding hydrogens is 182 g/mol. The molecule has 0 fully saturated rings. The highest BCUT2D eigenvalue weighted by Gasteiger charge is 2.16. The van der Waals surface area contributed by atoms with Crippen LogP contribution in [0.5, 0.6) is 0 Å². The van der Waals surface area contributed by atoms with Gasteiger partial charge in [0.05, 0.1) is 0 Å². The molecule has 0 aromatic heterocycles. The normalized spacial score (nSPS) is 10.5. The van der Waals surface area contributed by atoms with Crippen LogP contribution in [0.3, 0.4) is 0 Å². The first-order valence-electron chi connectivity index (χ1n) is 3.41. The van der Waals surface area contributed by atoms with E-state index in [2.05, 4.69) is 0 Å². The minimum Gasteiger partial charge on any atom is -0.298 e. The lowest BCUT2D eigenvalue weighted by Crippen LogP contribution is -2.38. The summed E-state index contributed by atoms with van der Waals surface area (Å²) in [6.45, 7) is 1.34. The van der Waals surface area contributed by atoms with Crippen LogP contribution >= 0.6 is 0 Å². The van der Waals surface area contributed by atoms with Gasteiger partial charge in [-0.25, -0.2) is 29.8 Å². The van der Waals surface area contributed by atoms with Gasteiger partial charge in [0.15, 0.2) is 17.5 Å². The standard InChI is InChI=1S/C7H3B2F4/c1-9-3-2(8)4(10)6(12)7(13)5(3)11/h1H3/q-1. The lowest BCUT2D eigenvalue weighted by atomic mass is 9.66. The maximum atomic E-state index is 12.8. The van der Waals surface area contributed by atoms with Crippen molar-refractivity contribution in [3.63, 3.8) is 0 Å². The smallest absolute Gasteiger partial charge is 0.196 e. The Balaban J connectivity index is 3.56. The van der Waals surface area contributed by atoms with Gasteiger partial charge in [0, 0.05) is 0 Å². The third-order valence-corrected chi connectivity index (χ3v) is 1.63. The molecule has 1 aromatic carbocycles. The van der Waals surface area contributed by atoms with Gasteiger partial charge in [0.2, 0.25) is 0 Å².